The molecule has 1 aliphatic rings. The fourth-order valence-electron chi connectivity index (χ4n) is 2.11. The monoisotopic (exact) mass is 193 g/mol. The second kappa shape index (κ2) is 4.13. The Morgan fingerprint density at radius 3 is 2.71 bits per heavy atom. The summed E-state index contributed by atoms with van der Waals surface area (Å²) in [6.07, 6.45) is 6.74. The fourth-order valence-corrected chi connectivity index (χ4v) is 2.11. The summed E-state index contributed by atoms with van der Waals surface area (Å²) in [5.74, 6) is 0.847. The molecular weight excluding hydrogens is 174 g/mol. The molecule has 0 amide bonds. The van der Waals surface area contributed by atoms with Crippen molar-refractivity contribution in [2.24, 2.45) is 5.92 Å². The molecule has 0 bridgehead atoms. The highest BCUT2D eigenvalue weighted by atomic mass is 15.1. The predicted octanol–water partition coefficient (Wildman–Crippen LogP) is 1.53. The minimum absolute atomic E-state index is 0.847. The lowest BCUT2D eigenvalue weighted by Crippen LogP contribution is -2.31. The van der Waals surface area contributed by atoms with Crippen LogP contribution in [0.4, 0.5) is 0 Å². The number of nitrogens with zero attached hydrogens (tertiary/aromatic N) is 3. The van der Waals surface area contributed by atoms with E-state index in [1.165, 1.54) is 25.9 Å². The van der Waals surface area contributed by atoms with Crippen molar-refractivity contribution in [3.63, 3.8) is 0 Å². The number of likely N-dealkylation sites (tertiary alicyclic amines) is 1. The van der Waals surface area contributed by atoms with Gasteiger partial charge in [-0.05, 0) is 45.8 Å². The normalized spacial score (nSPS) is 20.1. The van der Waals surface area contributed by atoms with Gasteiger partial charge < -0.3 is 9.47 Å². The minimum Gasteiger partial charge on any atom is -0.337 e. The number of hydrogen-bond acceptors (Lipinski definition) is 2. The van der Waals surface area contributed by atoms with Gasteiger partial charge in [0, 0.05) is 12.7 Å². The molecule has 0 radical (unpaired) electrons. The summed E-state index contributed by atoms with van der Waals surface area (Å²) in [7, 11) is 2.21. The quantitative estimate of drug-likeness (QED) is 0.710. The molecule has 2 heterocycles. The van der Waals surface area contributed by atoms with E-state index in [2.05, 4.69) is 27.7 Å². The zero-order valence-corrected chi connectivity index (χ0v) is 9.11. The first-order valence-electron chi connectivity index (χ1n) is 5.41. The number of rotatable bonds is 2. The van der Waals surface area contributed by atoms with E-state index in [-0.39, 0.29) is 0 Å². The maximum Gasteiger partial charge on any atom is 0.0949 e. The molecule has 0 N–H and O–H groups in total. The summed E-state index contributed by atoms with van der Waals surface area (Å²) in [5, 5.41) is 0. The second-order valence-corrected chi connectivity index (χ2v) is 4.46. The maximum atomic E-state index is 4.25. The molecule has 1 fully saturated rings. The van der Waals surface area contributed by atoms with Gasteiger partial charge in [-0.1, -0.05) is 0 Å². The Balaban J connectivity index is 1.86. The van der Waals surface area contributed by atoms with E-state index in [1.807, 2.05) is 13.3 Å². The van der Waals surface area contributed by atoms with Crippen LogP contribution in [0.2, 0.25) is 0 Å². The first-order valence-corrected chi connectivity index (χ1v) is 5.41. The fraction of sp³-hybridized carbons (Fsp3) is 0.727. The Morgan fingerprint density at radius 1 is 1.43 bits per heavy atom. The lowest BCUT2D eigenvalue weighted by molar-refractivity contribution is 0.205. The Labute approximate surface area is 85.7 Å². The summed E-state index contributed by atoms with van der Waals surface area (Å²) in [5.41, 5.74) is 1.12. The number of piperidine rings is 1. The molecule has 1 aromatic heterocycles. The van der Waals surface area contributed by atoms with Gasteiger partial charge in [-0.2, -0.15) is 0 Å². The van der Waals surface area contributed by atoms with Gasteiger partial charge in [0.2, 0.25) is 0 Å². The highest BCUT2D eigenvalue weighted by Crippen LogP contribution is 2.17. The van der Waals surface area contributed by atoms with Gasteiger partial charge in [0.15, 0.2) is 0 Å². The van der Waals surface area contributed by atoms with E-state index in [1.54, 1.807) is 0 Å². The molecule has 1 aromatic rings. The van der Waals surface area contributed by atoms with E-state index in [9.17, 15) is 0 Å². The molecule has 78 valence electrons. The minimum atomic E-state index is 0.847. The van der Waals surface area contributed by atoms with E-state index in [0.717, 1.165) is 18.2 Å². The molecule has 14 heavy (non-hydrogen) atoms. The standard InChI is InChI=1S/C11H19N3/c1-10-7-14(9-12-10)8-11-3-5-13(2)6-4-11/h7,9,11H,3-6,8H2,1-2H3. The van der Waals surface area contributed by atoms with Crippen molar-refractivity contribution in [3.8, 4) is 0 Å². The summed E-state index contributed by atoms with van der Waals surface area (Å²) in [6, 6.07) is 0. The number of hydrogen-bond donors (Lipinski definition) is 0. The number of aryl methyl sites for hydroxylation is 1. The van der Waals surface area contributed by atoms with Gasteiger partial charge in [-0.3, -0.25) is 0 Å². The summed E-state index contributed by atoms with van der Waals surface area (Å²) in [6.45, 7) is 5.69. The van der Waals surface area contributed by atoms with E-state index in [4.69, 9.17) is 0 Å². The van der Waals surface area contributed by atoms with Crippen molar-refractivity contribution in [3.05, 3.63) is 18.2 Å². The van der Waals surface area contributed by atoms with E-state index >= 15 is 0 Å². The highest BCUT2D eigenvalue weighted by molar-refractivity contribution is 4.92. The van der Waals surface area contributed by atoms with Crippen LogP contribution in [0.1, 0.15) is 18.5 Å². The van der Waals surface area contributed by atoms with Crippen molar-refractivity contribution in [2.45, 2.75) is 26.3 Å². The van der Waals surface area contributed by atoms with Crippen LogP contribution in [-0.4, -0.2) is 34.6 Å². The molecule has 0 saturated carbocycles. The van der Waals surface area contributed by atoms with Gasteiger partial charge in [-0.15, -0.1) is 0 Å². The van der Waals surface area contributed by atoms with Crippen LogP contribution in [0.15, 0.2) is 12.5 Å². The third kappa shape index (κ3) is 2.35. The van der Waals surface area contributed by atoms with Crippen molar-refractivity contribution >= 4 is 0 Å². The van der Waals surface area contributed by atoms with Crippen LogP contribution in [0, 0.1) is 12.8 Å². The molecule has 0 atom stereocenters. The first kappa shape index (κ1) is 9.71. The summed E-state index contributed by atoms with van der Waals surface area (Å²) >= 11 is 0. The van der Waals surface area contributed by atoms with Crippen molar-refractivity contribution < 1.29 is 0 Å². The SMILES string of the molecule is Cc1cn(CC2CCN(C)CC2)cn1. The molecule has 3 heteroatoms. The molecular formula is C11H19N3. The van der Waals surface area contributed by atoms with E-state index < -0.39 is 0 Å². The predicted molar refractivity (Wildman–Crippen MR) is 57.2 cm³/mol. The lowest BCUT2D eigenvalue weighted by Gasteiger charge is -2.28. The molecule has 0 aromatic carbocycles. The van der Waals surface area contributed by atoms with Gasteiger partial charge >= 0.3 is 0 Å². The van der Waals surface area contributed by atoms with E-state index in [0.29, 0.717) is 0 Å². The molecule has 0 unspecified atom stereocenters. The van der Waals surface area contributed by atoms with Crippen LogP contribution < -0.4 is 0 Å². The third-order valence-corrected chi connectivity index (χ3v) is 3.07. The van der Waals surface area contributed by atoms with Crippen molar-refractivity contribution in [1.29, 1.82) is 0 Å². The number of aromatic nitrogens is 2. The largest absolute Gasteiger partial charge is 0.337 e. The zero-order chi connectivity index (χ0) is 9.97. The Hall–Kier alpha value is -0.830. The average Bonchev–Trinajstić information content (AvgIpc) is 2.56. The maximum absolute atomic E-state index is 4.25. The van der Waals surface area contributed by atoms with Crippen LogP contribution in [-0.2, 0) is 6.54 Å². The van der Waals surface area contributed by atoms with Gasteiger partial charge in [0.1, 0.15) is 0 Å². The van der Waals surface area contributed by atoms with Gasteiger partial charge in [0.25, 0.3) is 0 Å². The Bertz CT molecular complexity index is 284. The smallest absolute Gasteiger partial charge is 0.0949 e. The molecule has 2 rings (SSSR count). The van der Waals surface area contributed by atoms with Crippen molar-refractivity contribution in [1.82, 2.24) is 14.5 Å². The highest BCUT2D eigenvalue weighted by Gasteiger charge is 2.16. The molecule has 0 aliphatic carbocycles. The Morgan fingerprint density at radius 2 is 2.14 bits per heavy atom. The first-order chi connectivity index (χ1) is 6.74. The van der Waals surface area contributed by atoms with Crippen molar-refractivity contribution in [2.75, 3.05) is 20.1 Å². The zero-order valence-electron chi connectivity index (χ0n) is 9.11. The van der Waals surface area contributed by atoms with Crippen LogP contribution in [0.3, 0.4) is 0 Å². The summed E-state index contributed by atoms with van der Waals surface area (Å²) in [4.78, 5) is 6.66. The molecule has 3 nitrogen and oxygen atoms in total. The lowest BCUT2D eigenvalue weighted by atomic mass is 9.97. The molecule has 1 aliphatic heterocycles. The molecule has 0 spiro atoms. The van der Waals surface area contributed by atoms with Gasteiger partial charge in [-0.25, -0.2) is 4.98 Å². The van der Waals surface area contributed by atoms with Gasteiger partial charge in [0.05, 0.1) is 12.0 Å². The van der Waals surface area contributed by atoms with Crippen LogP contribution >= 0.6 is 0 Å². The molecule has 1 saturated heterocycles. The number of imidazole rings is 1. The average molecular weight is 193 g/mol. The topological polar surface area (TPSA) is 21.1 Å². The summed E-state index contributed by atoms with van der Waals surface area (Å²) < 4.78 is 2.23. The third-order valence-electron chi connectivity index (χ3n) is 3.07. The Kier molecular flexibility index (Phi) is 2.87. The van der Waals surface area contributed by atoms with Crippen LogP contribution in [0.5, 0.6) is 0 Å². The van der Waals surface area contributed by atoms with Crippen LogP contribution in [0.25, 0.3) is 0 Å². The second-order valence-electron chi connectivity index (χ2n) is 4.46.